The second-order valence-corrected chi connectivity index (χ2v) is 6.59. The van der Waals surface area contributed by atoms with Gasteiger partial charge >= 0.3 is 0 Å². The Bertz CT molecular complexity index is 557. The number of guanidine groups is 1. The molecule has 1 rings (SSSR count). The predicted molar refractivity (Wildman–Crippen MR) is 110 cm³/mol. The number of unbranched alkanes of at least 4 members (excludes halogenated alkanes) is 2. The summed E-state index contributed by atoms with van der Waals surface area (Å²) in [6.45, 7) is 8.01. The number of carbonyl (C=O) groups is 1. The summed E-state index contributed by atoms with van der Waals surface area (Å²) in [7, 11) is 3.98. The fraction of sp³-hybridized carbons (Fsp3) is 0.600. The van der Waals surface area contributed by atoms with Gasteiger partial charge in [0.25, 0.3) is 5.91 Å². The van der Waals surface area contributed by atoms with Crippen molar-refractivity contribution in [2.24, 2.45) is 4.99 Å². The summed E-state index contributed by atoms with van der Waals surface area (Å²) >= 11 is 0. The van der Waals surface area contributed by atoms with Crippen LogP contribution in [0.1, 0.15) is 49.0 Å². The molecular formula is C20H35N5O. The van der Waals surface area contributed by atoms with E-state index in [0.717, 1.165) is 37.6 Å². The molecule has 26 heavy (non-hydrogen) atoms. The maximum atomic E-state index is 12.2. The molecule has 6 nitrogen and oxygen atoms in total. The molecule has 0 aliphatic carbocycles. The molecule has 0 saturated carbocycles. The van der Waals surface area contributed by atoms with Crippen molar-refractivity contribution in [3.05, 3.63) is 35.4 Å². The lowest BCUT2D eigenvalue weighted by molar-refractivity contribution is 0.0951. The van der Waals surface area contributed by atoms with E-state index in [1.54, 1.807) is 0 Å². The zero-order valence-corrected chi connectivity index (χ0v) is 16.8. The molecule has 146 valence electrons. The van der Waals surface area contributed by atoms with Gasteiger partial charge in [-0.2, -0.15) is 0 Å². The molecule has 0 radical (unpaired) electrons. The Balaban J connectivity index is 2.60. The average Bonchev–Trinajstić information content (AvgIpc) is 2.63. The highest BCUT2D eigenvalue weighted by Gasteiger charge is 2.06. The number of nitrogens with zero attached hydrogens (tertiary/aromatic N) is 2. The minimum atomic E-state index is -0.0396. The van der Waals surface area contributed by atoms with Gasteiger partial charge in [-0.3, -0.25) is 4.79 Å². The Hall–Kier alpha value is -2.08. The highest BCUT2D eigenvalue weighted by atomic mass is 16.1. The Labute approximate surface area is 158 Å². The van der Waals surface area contributed by atoms with E-state index >= 15 is 0 Å². The molecule has 6 heteroatoms. The van der Waals surface area contributed by atoms with Gasteiger partial charge in [-0.1, -0.05) is 31.9 Å². The van der Waals surface area contributed by atoms with E-state index in [-0.39, 0.29) is 5.91 Å². The Morgan fingerprint density at radius 1 is 1.08 bits per heavy atom. The molecule has 3 N–H and O–H groups in total. The maximum Gasteiger partial charge on any atom is 0.251 e. The van der Waals surface area contributed by atoms with Crippen molar-refractivity contribution >= 4 is 11.9 Å². The lowest BCUT2D eigenvalue weighted by Gasteiger charge is -2.12. The lowest BCUT2D eigenvalue weighted by atomic mass is 10.1. The van der Waals surface area contributed by atoms with Gasteiger partial charge in [0, 0.05) is 31.7 Å². The number of likely N-dealkylation sites (N-methyl/N-ethyl adjacent to an activating group) is 1. The van der Waals surface area contributed by atoms with Crippen LogP contribution < -0.4 is 16.0 Å². The van der Waals surface area contributed by atoms with Gasteiger partial charge in [-0.25, -0.2) is 4.99 Å². The summed E-state index contributed by atoms with van der Waals surface area (Å²) in [5.74, 6) is 0.784. The topological polar surface area (TPSA) is 68.8 Å². The largest absolute Gasteiger partial charge is 0.357 e. The molecule has 0 saturated heterocycles. The normalized spacial score (nSPS) is 11.5. The summed E-state index contributed by atoms with van der Waals surface area (Å²) < 4.78 is 0. The Morgan fingerprint density at radius 2 is 1.88 bits per heavy atom. The summed E-state index contributed by atoms with van der Waals surface area (Å²) in [6, 6.07) is 7.66. The van der Waals surface area contributed by atoms with E-state index in [4.69, 9.17) is 0 Å². The van der Waals surface area contributed by atoms with Crippen molar-refractivity contribution in [3.63, 3.8) is 0 Å². The van der Waals surface area contributed by atoms with Crippen molar-refractivity contribution in [3.8, 4) is 0 Å². The molecule has 1 aromatic rings. The number of benzene rings is 1. The fourth-order valence-electron chi connectivity index (χ4n) is 2.40. The van der Waals surface area contributed by atoms with Gasteiger partial charge in [0.15, 0.2) is 5.96 Å². The van der Waals surface area contributed by atoms with E-state index in [1.165, 1.54) is 12.8 Å². The van der Waals surface area contributed by atoms with Gasteiger partial charge in [-0.15, -0.1) is 0 Å². The molecular weight excluding hydrogens is 326 g/mol. The highest BCUT2D eigenvalue weighted by molar-refractivity contribution is 5.94. The monoisotopic (exact) mass is 361 g/mol. The Kier molecular flexibility index (Phi) is 11.1. The molecule has 0 fully saturated rings. The molecule has 0 bridgehead atoms. The lowest BCUT2D eigenvalue weighted by Crippen LogP contribution is -2.37. The maximum absolute atomic E-state index is 12.2. The average molecular weight is 362 g/mol. The zero-order valence-electron chi connectivity index (χ0n) is 16.8. The Morgan fingerprint density at radius 3 is 2.58 bits per heavy atom. The van der Waals surface area contributed by atoms with Crippen molar-refractivity contribution in [1.29, 1.82) is 0 Å². The first-order valence-corrected chi connectivity index (χ1v) is 9.60. The van der Waals surface area contributed by atoms with Crippen LogP contribution in [0.2, 0.25) is 0 Å². The van der Waals surface area contributed by atoms with E-state index in [9.17, 15) is 4.79 Å². The van der Waals surface area contributed by atoms with E-state index in [1.807, 2.05) is 43.3 Å². The van der Waals surface area contributed by atoms with Crippen LogP contribution in [0.4, 0.5) is 0 Å². The van der Waals surface area contributed by atoms with Crippen LogP contribution in [0, 0.1) is 0 Å². The zero-order chi connectivity index (χ0) is 19.2. The van der Waals surface area contributed by atoms with Crippen molar-refractivity contribution in [2.45, 2.75) is 39.7 Å². The molecule has 0 heterocycles. The number of carbonyl (C=O) groups excluding carboxylic acids is 1. The molecule has 0 atom stereocenters. The van der Waals surface area contributed by atoms with Gasteiger partial charge in [0.1, 0.15) is 0 Å². The summed E-state index contributed by atoms with van der Waals surface area (Å²) in [6.07, 6.45) is 3.57. The molecule has 0 aromatic heterocycles. The predicted octanol–water partition coefficient (Wildman–Crippen LogP) is 2.22. The van der Waals surface area contributed by atoms with Crippen molar-refractivity contribution in [2.75, 3.05) is 40.3 Å². The molecule has 1 amide bonds. The number of amides is 1. The standard InChI is InChI=1S/C20H35N5O/c1-5-7-8-12-23-20(21-6-2)24-16-17-10-9-11-18(15-17)19(26)22-13-14-25(3)4/h9-11,15H,5-8,12-14,16H2,1-4H3,(H,22,26)(H2,21,23,24). The van der Waals surface area contributed by atoms with Crippen LogP contribution in [-0.2, 0) is 6.54 Å². The fourth-order valence-corrected chi connectivity index (χ4v) is 2.40. The van der Waals surface area contributed by atoms with Crippen LogP contribution in [-0.4, -0.2) is 57.0 Å². The second kappa shape index (κ2) is 13.2. The third kappa shape index (κ3) is 9.42. The number of hydrogen-bond donors (Lipinski definition) is 3. The van der Waals surface area contributed by atoms with Crippen molar-refractivity contribution in [1.82, 2.24) is 20.9 Å². The summed E-state index contributed by atoms with van der Waals surface area (Å²) in [4.78, 5) is 18.9. The third-order valence-electron chi connectivity index (χ3n) is 3.87. The molecule has 0 spiro atoms. The van der Waals surface area contributed by atoms with Crippen LogP contribution >= 0.6 is 0 Å². The van der Waals surface area contributed by atoms with E-state index in [2.05, 4.69) is 34.8 Å². The third-order valence-corrected chi connectivity index (χ3v) is 3.87. The van der Waals surface area contributed by atoms with Crippen LogP contribution in [0.3, 0.4) is 0 Å². The smallest absolute Gasteiger partial charge is 0.251 e. The van der Waals surface area contributed by atoms with E-state index in [0.29, 0.717) is 18.7 Å². The van der Waals surface area contributed by atoms with Gasteiger partial charge < -0.3 is 20.9 Å². The van der Waals surface area contributed by atoms with Crippen LogP contribution in [0.25, 0.3) is 0 Å². The minimum absolute atomic E-state index is 0.0396. The highest BCUT2D eigenvalue weighted by Crippen LogP contribution is 2.07. The molecule has 0 unspecified atom stereocenters. The number of rotatable bonds is 11. The minimum Gasteiger partial charge on any atom is -0.357 e. The number of aliphatic imine (C=N–C) groups is 1. The van der Waals surface area contributed by atoms with Crippen molar-refractivity contribution < 1.29 is 4.79 Å². The number of hydrogen-bond acceptors (Lipinski definition) is 3. The molecule has 0 aliphatic rings. The SMILES string of the molecule is CCCCCNC(=NCc1cccc(C(=O)NCCN(C)C)c1)NCC. The van der Waals surface area contributed by atoms with E-state index < -0.39 is 0 Å². The molecule has 0 aliphatic heterocycles. The molecule has 1 aromatic carbocycles. The van der Waals surface area contributed by atoms with Crippen LogP contribution in [0.5, 0.6) is 0 Å². The second-order valence-electron chi connectivity index (χ2n) is 6.59. The summed E-state index contributed by atoms with van der Waals surface area (Å²) in [5, 5.41) is 9.56. The van der Waals surface area contributed by atoms with Gasteiger partial charge in [-0.05, 0) is 45.1 Å². The quantitative estimate of drug-likeness (QED) is 0.321. The first-order valence-electron chi connectivity index (χ1n) is 9.60. The van der Waals surface area contributed by atoms with Gasteiger partial charge in [0.05, 0.1) is 6.54 Å². The summed E-state index contributed by atoms with van der Waals surface area (Å²) in [5.41, 5.74) is 1.70. The number of nitrogens with one attached hydrogen (secondary N) is 3. The van der Waals surface area contributed by atoms with Gasteiger partial charge in [0.2, 0.25) is 0 Å². The van der Waals surface area contributed by atoms with Crippen LogP contribution in [0.15, 0.2) is 29.3 Å². The first kappa shape index (κ1) is 22.0. The first-order chi connectivity index (χ1) is 12.6.